The Hall–Kier alpha value is -3.21. The summed E-state index contributed by atoms with van der Waals surface area (Å²) < 4.78 is 5.47. The summed E-state index contributed by atoms with van der Waals surface area (Å²) in [6, 6.07) is 12.7. The number of aryl methyl sites for hydroxylation is 2. The van der Waals surface area contributed by atoms with Crippen molar-refractivity contribution in [3.8, 4) is 0 Å². The van der Waals surface area contributed by atoms with E-state index in [2.05, 4.69) is 10.5 Å². The highest BCUT2D eigenvalue weighted by Crippen LogP contribution is 2.13. The molecule has 25 heavy (non-hydrogen) atoms. The lowest BCUT2D eigenvalue weighted by Gasteiger charge is -2.02. The van der Waals surface area contributed by atoms with Crippen LogP contribution >= 0.6 is 0 Å². The molecule has 1 N–H and O–H groups in total. The zero-order valence-electron chi connectivity index (χ0n) is 14.1. The van der Waals surface area contributed by atoms with Crippen LogP contribution in [-0.4, -0.2) is 12.1 Å². The standard InChI is InChI=1S/C20H18N2O3/c1-3-14-6-9-18-17(10-14)19(23)16(12-25-18)11-21-22-20(24)15-7-4-13(2)5-8-15/h4-12H,3H2,1-2H3,(H,22,24)/b21-11+. The molecule has 1 aromatic heterocycles. The number of amides is 1. The van der Waals surface area contributed by atoms with Crippen molar-refractivity contribution in [2.24, 2.45) is 5.10 Å². The van der Waals surface area contributed by atoms with Crippen molar-refractivity contribution in [3.05, 3.63) is 81.2 Å². The average Bonchev–Trinajstić information content (AvgIpc) is 2.64. The zero-order chi connectivity index (χ0) is 17.8. The highest BCUT2D eigenvalue weighted by Gasteiger charge is 2.07. The number of hydrogen-bond donors (Lipinski definition) is 1. The van der Waals surface area contributed by atoms with E-state index in [-0.39, 0.29) is 16.9 Å². The predicted octanol–water partition coefficient (Wildman–Crippen LogP) is 3.43. The largest absolute Gasteiger partial charge is 0.463 e. The monoisotopic (exact) mass is 334 g/mol. The number of carbonyl (C=O) groups excluding carboxylic acids is 1. The lowest BCUT2D eigenvalue weighted by atomic mass is 10.1. The third-order valence-electron chi connectivity index (χ3n) is 3.96. The molecule has 0 unspecified atom stereocenters. The SMILES string of the molecule is CCc1ccc2occ(/C=N/NC(=O)c3ccc(C)cc3)c(=O)c2c1. The summed E-state index contributed by atoms with van der Waals surface area (Å²) in [5, 5.41) is 4.37. The van der Waals surface area contributed by atoms with Crippen LogP contribution in [0.25, 0.3) is 11.0 Å². The Balaban J connectivity index is 1.81. The molecule has 126 valence electrons. The van der Waals surface area contributed by atoms with Gasteiger partial charge in [-0.3, -0.25) is 9.59 Å². The molecule has 0 radical (unpaired) electrons. The van der Waals surface area contributed by atoms with Crippen molar-refractivity contribution >= 4 is 23.1 Å². The van der Waals surface area contributed by atoms with Crippen molar-refractivity contribution in [2.75, 3.05) is 0 Å². The molecule has 0 spiro atoms. The van der Waals surface area contributed by atoms with Gasteiger partial charge in [-0.15, -0.1) is 0 Å². The number of carbonyl (C=O) groups is 1. The van der Waals surface area contributed by atoms with E-state index < -0.39 is 0 Å². The van der Waals surface area contributed by atoms with Crippen LogP contribution in [0.3, 0.4) is 0 Å². The summed E-state index contributed by atoms with van der Waals surface area (Å²) in [5.74, 6) is -0.338. The first-order chi connectivity index (χ1) is 12.1. The normalized spacial score (nSPS) is 11.1. The highest BCUT2D eigenvalue weighted by atomic mass is 16.3. The molecule has 2 aromatic carbocycles. The summed E-state index contributed by atoms with van der Waals surface area (Å²) in [5.41, 5.74) is 5.68. The molecule has 0 aliphatic heterocycles. The summed E-state index contributed by atoms with van der Waals surface area (Å²) in [7, 11) is 0. The third kappa shape index (κ3) is 3.66. The van der Waals surface area contributed by atoms with Crippen LogP contribution in [0.1, 0.15) is 34.0 Å². The molecule has 5 nitrogen and oxygen atoms in total. The topological polar surface area (TPSA) is 71.7 Å². The minimum atomic E-state index is -0.338. The maximum Gasteiger partial charge on any atom is 0.271 e. The Bertz CT molecular complexity index is 1000. The lowest BCUT2D eigenvalue weighted by Crippen LogP contribution is -2.18. The van der Waals surface area contributed by atoms with Crippen molar-refractivity contribution in [3.63, 3.8) is 0 Å². The Morgan fingerprint density at radius 3 is 2.68 bits per heavy atom. The van der Waals surface area contributed by atoms with Gasteiger partial charge in [-0.25, -0.2) is 5.43 Å². The number of rotatable bonds is 4. The fourth-order valence-corrected chi connectivity index (χ4v) is 2.43. The minimum absolute atomic E-state index is 0.176. The lowest BCUT2D eigenvalue weighted by molar-refractivity contribution is 0.0955. The molecule has 3 aromatic rings. The van der Waals surface area contributed by atoms with Gasteiger partial charge in [-0.1, -0.05) is 30.7 Å². The Labute approximate surface area is 145 Å². The molecule has 1 amide bonds. The molecular formula is C20H18N2O3. The number of nitrogens with zero attached hydrogens (tertiary/aromatic N) is 1. The van der Waals surface area contributed by atoms with Crippen molar-refractivity contribution in [2.45, 2.75) is 20.3 Å². The molecule has 0 aliphatic rings. The number of nitrogens with one attached hydrogen (secondary N) is 1. The Morgan fingerprint density at radius 2 is 1.96 bits per heavy atom. The van der Waals surface area contributed by atoms with Gasteiger partial charge in [0.25, 0.3) is 5.91 Å². The van der Waals surface area contributed by atoms with Gasteiger partial charge in [0.15, 0.2) is 0 Å². The maximum atomic E-state index is 12.5. The maximum absolute atomic E-state index is 12.5. The van der Waals surface area contributed by atoms with E-state index in [1.54, 1.807) is 18.2 Å². The van der Waals surface area contributed by atoms with Crippen molar-refractivity contribution in [1.82, 2.24) is 5.43 Å². The number of fused-ring (bicyclic) bond motifs is 1. The molecule has 3 rings (SSSR count). The molecule has 0 atom stereocenters. The molecule has 5 heteroatoms. The first-order valence-electron chi connectivity index (χ1n) is 8.03. The number of hydrogen-bond acceptors (Lipinski definition) is 4. The molecule has 0 fully saturated rings. The second-order valence-electron chi connectivity index (χ2n) is 5.77. The second kappa shape index (κ2) is 7.13. The van der Waals surface area contributed by atoms with E-state index in [0.29, 0.717) is 16.5 Å². The summed E-state index contributed by atoms with van der Waals surface area (Å²) in [6.07, 6.45) is 3.48. The van der Waals surface area contributed by atoms with E-state index in [1.165, 1.54) is 12.5 Å². The zero-order valence-corrected chi connectivity index (χ0v) is 14.1. The van der Waals surface area contributed by atoms with Gasteiger partial charge in [-0.2, -0.15) is 5.10 Å². The highest BCUT2D eigenvalue weighted by molar-refractivity contribution is 5.95. The molecule has 0 saturated carbocycles. The third-order valence-corrected chi connectivity index (χ3v) is 3.96. The number of hydrazone groups is 1. The summed E-state index contributed by atoms with van der Waals surface area (Å²) >= 11 is 0. The van der Waals surface area contributed by atoms with Crippen molar-refractivity contribution < 1.29 is 9.21 Å². The molecule has 0 bridgehead atoms. The first kappa shape index (κ1) is 16.6. The van der Waals surface area contributed by atoms with E-state index in [9.17, 15) is 9.59 Å². The van der Waals surface area contributed by atoms with Gasteiger partial charge in [0.05, 0.1) is 17.2 Å². The molecule has 0 aliphatic carbocycles. The Kier molecular flexibility index (Phi) is 4.75. The van der Waals surface area contributed by atoms with Crippen LogP contribution in [0, 0.1) is 6.92 Å². The molecule has 0 saturated heterocycles. The van der Waals surface area contributed by atoms with Crippen LogP contribution in [-0.2, 0) is 6.42 Å². The summed E-state index contributed by atoms with van der Waals surface area (Å²) in [6.45, 7) is 3.97. The van der Waals surface area contributed by atoms with Crippen LogP contribution in [0.5, 0.6) is 0 Å². The van der Waals surface area contributed by atoms with Gasteiger partial charge >= 0.3 is 0 Å². The van der Waals surface area contributed by atoms with E-state index >= 15 is 0 Å². The quantitative estimate of drug-likeness (QED) is 0.587. The smallest absolute Gasteiger partial charge is 0.271 e. The van der Waals surface area contributed by atoms with Crippen molar-refractivity contribution in [1.29, 1.82) is 0 Å². The molecular weight excluding hydrogens is 316 g/mol. The summed E-state index contributed by atoms with van der Waals surface area (Å²) in [4.78, 5) is 24.5. The van der Waals surface area contributed by atoms with Gasteiger partial charge < -0.3 is 4.42 Å². The second-order valence-corrected chi connectivity index (χ2v) is 5.77. The van der Waals surface area contributed by atoms with E-state index in [0.717, 1.165) is 17.5 Å². The first-order valence-corrected chi connectivity index (χ1v) is 8.03. The van der Waals surface area contributed by atoms with Gasteiger partial charge in [0, 0.05) is 5.56 Å². The van der Waals surface area contributed by atoms with Crippen LogP contribution in [0.4, 0.5) is 0 Å². The number of benzene rings is 2. The van der Waals surface area contributed by atoms with E-state index in [4.69, 9.17) is 4.42 Å². The minimum Gasteiger partial charge on any atom is -0.463 e. The van der Waals surface area contributed by atoms with E-state index in [1.807, 2.05) is 38.1 Å². The van der Waals surface area contributed by atoms with Gasteiger partial charge in [0.2, 0.25) is 5.43 Å². The van der Waals surface area contributed by atoms with Crippen LogP contribution < -0.4 is 10.9 Å². The van der Waals surface area contributed by atoms with Gasteiger partial charge in [0.1, 0.15) is 11.8 Å². The predicted molar refractivity (Wildman–Crippen MR) is 98.1 cm³/mol. The average molecular weight is 334 g/mol. The fourth-order valence-electron chi connectivity index (χ4n) is 2.43. The van der Waals surface area contributed by atoms with Gasteiger partial charge in [-0.05, 0) is 43.2 Å². The molecule has 1 heterocycles. The van der Waals surface area contributed by atoms with Crippen LogP contribution in [0.15, 0.2) is 63.0 Å². The Morgan fingerprint density at radius 1 is 1.20 bits per heavy atom. The fraction of sp³-hybridized carbons (Fsp3) is 0.150. The van der Waals surface area contributed by atoms with Crippen LogP contribution in [0.2, 0.25) is 0 Å².